The number of unbranched alkanes of at least 4 members (excludes halogenated alkanes) is 3. The number of hydrogen-bond donors (Lipinski definition) is 1. The number of anilines is 1. The van der Waals surface area contributed by atoms with Crippen LogP contribution in [-0.2, 0) is 6.42 Å². The number of imidazole rings is 1. The molecule has 36 heavy (non-hydrogen) atoms. The van der Waals surface area contributed by atoms with Crippen molar-refractivity contribution in [2.75, 3.05) is 5.32 Å². The van der Waals surface area contributed by atoms with Gasteiger partial charge in [0.2, 0.25) is 0 Å². The Labute approximate surface area is 214 Å². The maximum atomic E-state index is 12.9. The third-order valence-electron chi connectivity index (χ3n) is 6.10. The van der Waals surface area contributed by atoms with Gasteiger partial charge in [0, 0.05) is 17.3 Å². The number of ether oxygens (including phenoxy) is 1. The van der Waals surface area contributed by atoms with Crippen LogP contribution in [0.1, 0.15) is 74.9 Å². The van der Waals surface area contributed by atoms with Crippen LogP contribution in [0.4, 0.5) is 5.82 Å². The van der Waals surface area contributed by atoms with E-state index < -0.39 is 0 Å². The molecule has 1 N–H and O–H groups in total. The van der Waals surface area contributed by atoms with Crippen LogP contribution in [0.5, 0.6) is 5.75 Å². The number of nitrogens with one attached hydrogen (secondary N) is 1. The molecule has 0 bridgehead atoms. The summed E-state index contributed by atoms with van der Waals surface area (Å²) in [5.41, 5.74) is 5.38. The van der Waals surface area contributed by atoms with Crippen molar-refractivity contribution in [1.29, 1.82) is 0 Å². The SMILES string of the molecule is CCCCCCc1ccc(C(=O)Oc2cccc(-c3nc4cc(C)ccn4c3NC(C)(C)C)c2)cc1. The van der Waals surface area contributed by atoms with Crippen molar-refractivity contribution < 1.29 is 9.53 Å². The molecule has 5 nitrogen and oxygen atoms in total. The minimum absolute atomic E-state index is 0.151. The predicted octanol–water partition coefficient (Wildman–Crippen LogP) is 7.86. The number of pyridine rings is 1. The van der Waals surface area contributed by atoms with Crippen LogP contribution < -0.4 is 10.1 Å². The smallest absolute Gasteiger partial charge is 0.343 e. The number of hydrogen-bond acceptors (Lipinski definition) is 4. The van der Waals surface area contributed by atoms with Crippen LogP contribution in [0.2, 0.25) is 0 Å². The lowest BCUT2D eigenvalue weighted by Crippen LogP contribution is -2.27. The van der Waals surface area contributed by atoms with E-state index in [0.717, 1.165) is 34.7 Å². The van der Waals surface area contributed by atoms with Gasteiger partial charge in [-0.25, -0.2) is 9.78 Å². The first kappa shape index (κ1) is 25.5. The molecular weight excluding hydrogens is 446 g/mol. The first-order chi connectivity index (χ1) is 17.2. The first-order valence-electron chi connectivity index (χ1n) is 12.9. The van der Waals surface area contributed by atoms with Crippen molar-refractivity contribution in [3.63, 3.8) is 0 Å². The van der Waals surface area contributed by atoms with Crippen molar-refractivity contribution in [3.05, 3.63) is 83.6 Å². The molecule has 0 aliphatic heterocycles. The average Bonchev–Trinajstić information content (AvgIpc) is 3.18. The molecule has 4 rings (SSSR count). The molecule has 5 heteroatoms. The Morgan fingerprint density at radius 2 is 1.78 bits per heavy atom. The number of rotatable bonds is 9. The molecule has 0 unspecified atom stereocenters. The fourth-order valence-corrected chi connectivity index (χ4v) is 4.26. The molecule has 0 aliphatic rings. The molecule has 0 atom stereocenters. The molecule has 188 valence electrons. The Bertz CT molecular complexity index is 1330. The van der Waals surface area contributed by atoms with Gasteiger partial charge in [-0.05, 0) is 88.1 Å². The largest absolute Gasteiger partial charge is 0.423 e. The number of carbonyl (C=O) groups excluding carboxylic acids is 1. The molecule has 0 saturated heterocycles. The fraction of sp³-hybridized carbons (Fsp3) is 0.355. The second kappa shape index (κ2) is 11.0. The van der Waals surface area contributed by atoms with Gasteiger partial charge in [0.1, 0.15) is 22.9 Å². The number of aryl methyl sites for hydroxylation is 2. The monoisotopic (exact) mass is 483 g/mol. The highest BCUT2D eigenvalue weighted by Crippen LogP contribution is 2.33. The lowest BCUT2D eigenvalue weighted by atomic mass is 10.0. The van der Waals surface area contributed by atoms with Gasteiger partial charge in [-0.2, -0.15) is 0 Å². The molecule has 2 aromatic heterocycles. The van der Waals surface area contributed by atoms with Crippen molar-refractivity contribution in [2.24, 2.45) is 0 Å². The highest BCUT2D eigenvalue weighted by molar-refractivity contribution is 5.91. The molecule has 2 heterocycles. The third kappa shape index (κ3) is 6.34. The summed E-state index contributed by atoms with van der Waals surface area (Å²) in [5, 5.41) is 3.60. The van der Waals surface area contributed by atoms with Crippen LogP contribution >= 0.6 is 0 Å². The van der Waals surface area contributed by atoms with Gasteiger partial charge in [-0.1, -0.05) is 50.5 Å². The summed E-state index contributed by atoms with van der Waals surface area (Å²) in [7, 11) is 0. The van der Waals surface area contributed by atoms with Crippen LogP contribution in [0, 0.1) is 6.92 Å². The van der Waals surface area contributed by atoms with E-state index in [9.17, 15) is 4.79 Å². The zero-order chi connectivity index (χ0) is 25.7. The Kier molecular flexibility index (Phi) is 7.78. The number of nitrogens with zero attached hydrogens (tertiary/aromatic N) is 2. The van der Waals surface area contributed by atoms with E-state index in [1.807, 2.05) is 48.7 Å². The maximum Gasteiger partial charge on any atom is 0.343 e. The standard InChI is InChI=1S/C31H37N3O2/c1-6-7-8-9-11-23-14-16-24(17-15-23)30(35)36-26-13-10-12-25(21-26)28-29(33-31(3,4)5)34-19-18-22(2)20-27(34)32-28/h10,12-21,33H,6-9,11H2,1-5H3. The van der Waals surface area contributed by atoms with E-state index in [1.165, 1.54) is 31.2 Å². The lowest BCUT2D eigenvalue weighted by Gasteiger charge is -2.22. The Hall–Kier alpha value is -3.60. The number of benzene rings is 2. The van der Waals surface area contributed by atoms with Crippen LogP contribution in [0.25, 0.3) is 16.9 Å². The second-order valence-electron chi connectivity index (χ2n) is 10.5. The number of aromatic nitrogens is 2. The fourth-order valence-electron chi connectivity index (χ4n) is 4.26. The molecule has 0 amide bonds. The summed E-state index contributed by atoms with van der Waals surface area (Å²) in [6.45, 7) is 10.7. The summed E-state index contributed by atoms with van der Waals surface area (Å²) in [5.74, 6) is 1.05. The van der Waals surface area contributed by atoms with Gasteiger partial charge >= 0.3 is 5.97 Å². The summed E-state index contributed by atoms with van der Waals surface area (Å²) in [6.07, 6.45) is 8.01. The molecule has 4 aromatic rings. The highest BCUT2D eigenvalue weighted by atomic mass is 16.5. The summed E-state index contributed by atoms with van der Waals surface area (Å²) in [6, 6.07) is 19.5. The zero-order valence-corrected chi connectivity index (χ0v) is 22.1. The number of carbonyl (C=O) groups is 1. The Balaban J connectivity index is 1.55. The minimum Gasteiger partial charge on any atom is -0.423 e. The van der Waals surface area contributed by atoms with Crippen LogP contribution in [0.15, 0.2) is 66.9 Å². The van der Waals surface area contributed by atoms with E-state index in [4.69, 9.17) is 9.72 Å². The molecule has 0 radical (unpaired) electrons. The normalized spacial score (nSPS) is 11.6. The van der Waals surface area contributed by atoms with Gasteiger partial charge in [0.15, 0.2) is 0 Å². The van der Waals surface area contributed by atoms with Gasteiger partial charge in [0.05, 0.1) is 5.56 Å². The van der Waals surface area contributed by atoms with Gasteiger partial charge in [0.25, 0.3) is 0 Å². The number of esters is 1. The van der Waals surface area contributed by atoms with Crippen LogP contribution in [0.3, 0.4) is 0 Å². The topological polar surface area (TPSA) is 55.6 Å². The van der Waals surface area contributed by atoms with Crippen molar-refractivity contribution in [1.82, 2.24) is 9.38 Å². The molecule has 0 fully saturated rings. The quantitative estimate of drug-likeness (QED) is 0.150. The van der Waals surface area contributed by atoms with Crippen molar-refractivity contribution >= 4 is 17.4 Å². The molecule has 0 saturated carbocycles. The van der Waals surface area contributed by atoms with Gasteiger partial charge < -0.3 is 10.1 Å². The Morgan fingerprint density at radius 1 is 1.00 bits per heavy atom. The van der Waals surface area contributed by atoms with Gasteiger partial charge in [-0.15, -0.1) is 0 Å². The minimum atomic E-state index is -0.358. The maximum absolute atomic E-state index is 12.9. The average molecular weight is 484 g/mol. The molecule has 2 aromatic carbocycles. The first-order valence-corrected chi connectivity index (χ1v) is 12.9. The molecule has 0 spiro atoms. The van der Waals surface area contributed by atoms with E-state index in [1.54, 1.807) is 6.07 Å². The summed E-state index contributed by atoms with van der Waals surface area (Å²) >= 11 is 0. The van der Waals surface area contributed by atoms with E-state index >= 15 is 0 Å². The lowest BCUT2D eigenvalue weighted by molar-refractivity contribution is 0.0735. The molecule has 0 aliphatic carbocycles. The predicted molar refractivity (Wildman–Crippen MR) is 148 cm³/mol. The van der Waals surface area contributed by atoms with Crippen molar-refractivity contribution in [3.8, 4) is 17.0 Å². The summed E-state index contributed by atoms with van der Waals surface area (Å²) in [4.78, 5) is 17.8. The van der Waals surface area contributed by atoms with E-state index in [2.05, 4.69) is 56.5 Å². The highest BCUT2D eigenvalue weighted by Gasteiger charge is 2.20. The van der Waals surface area contributed by atoms with E-state index in [-0.39, 0.29) is 11.5 Å². The Morgan fingerprint density at radius 3 is 2.50 bits per heavy atom. The van der Waals surface area contributed by atoms with E-state index in [0.29, 0.717) is 11.3 Å². The third-order valence-corrected chi connectivity index (χ3v) is 6.10. The molecular formula is C31H37N3O2. The van der Waals surface area contributed by atoms with Crippen molar-refractivity contribution in [2.45, 2.75) is 72.3 Å². The van der Waals surface area contributed by atoms with Crippen LogP contribution in [-0.4, -0.2) is 20.9 Å². The summed E-state index contributed by atoms with van der Waals surface area (Å²) < 4.78 is 7.82. The zero-order valence-electron chi connectivity index (χ0n) is 22.1. The van der Waals surface area contributed by atoms with Gasteiger partial charge in [-0.3, -0.25) is 4.40 Å². The number of fused-ring (bicyclic) bond motifs is 1. The second-order valence-corrected chi connectivity index (χ2v) is 10.5.